The lowest BCUT2D eigenvalue weighted by Gasteiger charge is -2.33. The van der Waals surface area contributed by atoms with Gasteiger partial charge in [-0.05, 0) is 13.8 Å². The Morgan fingerprint density at radius 3 is 2.88 bits per heavy atom. The van der Waals surface area contributed by atoms with Crippen LogP contribution in [0.1, 0.15) is 23.1 Å². The Balaban J connectivity index is 2.21. The van der Waals surface area contributed by atoms with Crippen molar-refractivity contribution in [1.82, 2.24) is 25.2 Å². The Morgan fingerprint density at radius 1 is 1.56 bits per heavy atom. The van der Waals surface area contributed by atoms with E-state index in [1.807, 2.05) is 18.7 Å². The first-order chi connectivity index (χ1) is 7.61. The summed E-state index contributed by atoms with van der Waals surface area (Å²) in [5.41, 5.74) is 1.28. The molecule has 1 fully saturated rings. The van der Waals surface area contributed by atoms with E-state index in [1.54, 1.807) is 11.7 Å². The number of aromatic nitrogens is 3. The number of rotatable bonds is 1. The summed E-state index contributed by atoms with van der Waals surface area (Å²) in [5.74, 6) is -0.0143. The molecule has 1 aromatic heterocycles. The number of amides is 1. The molecule has 0 aromatic carbocycles. The van der Waals surface area contributed by atoms with Crippen molar-refractivity contribution in [3.63, 3.8) is 0 Å². The van der Waals surface area contributed by atoms with Crippen LogP contribution < -0.4 is 5.32 Å². The minimum absolute atomic E-state index is 0.0143. The molecular weight excluding hydrogens is 206 g/mol. The van der Waals surface area contributed by atoms with E-state index in [0.29, 0.717) is 5.69 Å². The standard InChI is InChI=1S/C10H17N5O/c1-7-6-11-4-5-15(7)10(16)9-8(2)14(3)13-12-9/h7,11H,4-6H2,1-3H3/t7-/m1/s1. The van der Waals surface area contributed by atoms with Crippen molar-refractivity contribution in [1.29, 1.82) is 0 Å². The van der Waals surface area contributed by atoms with Gasteiger partial charge in [0.25, 0.3) is 5.91 Å². The van der Waals surface area contributed by atoms with Gasteiger partial charge in [0.1, 0.15) is 0 Å². The molecule has 1 saturated heterocycles. The van der Waals surface area contributed by atoms with Crippen molar-refractivity contribution in [2.24, 2.45) is 7.05 Å². The number of nitrogens with one attached hydrogen (secondary N) is 1. The van der Waals surface area contributed by atoms with Crippen LogP contribution in [0.15, 0.2) is 0 Å². The number of carbonyl (C=O) groups excluding carboxylic acids is 1. The second-order valence-corrected chi connectivity index (χ2v) is 4.20. The third-order valence-corrected chi connectivity index (χ3v) is 3.07. The van der Waals surface area contributed by atoms with E-state index in [9.17, 15) is 4.79 Å². The van der Waals surface area contributed by atoms with Gasteiger partial charge in [0.2, 0.25) is 0 Å². The fourth-order valence-electron chi connectivity index (χ4n) is 1.88. The van der Waals surface area contributed by atoms with Gasteiger partial charge in [-0.2, -0.15) is 0 Å². The molecule has 6 heteroatoms. The highest BCUT2D eigenvalue weighted by molar-refractivity contribution is 5.93. The molecule has 6 nitrogen and oxygen atoms in total. The number of aryl methyl sites for hydroxylation is 1. The van der Waals surface area contributed by atoms with Gasteiger partial charge < -0.3 is 10.2 Å². The summed E-state index contributed by atoms with van der Waals surface area (Å²) < 4.78 is 1.63. The van der Waals surface area contributed by atoms with Crippen LogP contribution in [0.25, 0.3) is 0 Å². The van der Waals surface area contributed by atoms with Crippen LogP contribution in [0.2, 0.25) is 0 Å². The summed E-state index contributed by atoms with van der Waals surface area (Å²) in [6.07, 6.45) is 0. The minimum Gasteiger partial charge on any atom is -0.332 e. The van der Waals surface area contributed by atoms with Crippen LogP contribution in [0.3, 0.4) is 0 Å². The molecule has 1 aliphatic rings. The molecule has 0 aliphatic carbocycles. The zero-order chi connectivity index (χ0) is 11.7. The number of piperazine rings is 1. The van der Waals surface area contributed by atoms with E-state index in [2.05, 4.69) is 15.6 Å². The van der Waals surface area contributed by atoms with Gasteiger partial charge in [-0.25, -0.2) is 0 Å². The molecule has 88 valence electrons. The van der Waals surface area contributed by atoms with Gasteiger partial charge in [-0.15, -0.1) is 5.10 Å². The summed E-state index contributed by atoms with van der Waals surface area (Å²) in [5, 5.41) is 11.0. The highest BCUT2D eigenvalue weighted by Crippen LogP contribution is 2.10. The van der Waals surface area contributed by atoms with Gasteiger partial charge >= 0.3 is 0 Å². The monoisotopic (exact) mass is 223 g/mol. The lowest BCUT2D eigenvalue weighted by molar-refractivity contribution is 0.0648. The molecule has 1 N–H and O–H groups in total. The summed E-state index contributed by atoms with van der Waals surface area (Å²) in [6.45, 7) is 6.31. The molecule has 2 rings (SSSR count). The van der Waals surface area contributed by atoms with E-state index >= 15 is 0 Å². The van der Waals surface area contributed by atoms with Crippen molar-refractivity contribution in [2.45, 2.75) is 19.9 Å². The van der Waals surface area contributed by atoms with Crippen LogP contribution in [0.5, 0.6) is 0 Å². The van der Waals surface area contributed by atoms with Crippen molar-refractivity contribution in [3.8, 4) is 0 Å². The van der Waals surface area contributed by atoms with Gasteiger partial charge in [-0.3, -0.25) is 9.48 Å². The zero-order valence-corrected chi connectivity index (χ0v) is 9.90. The predicted molar refractivity (Wildman–Crippen MR) is 59.1 cm³/mol. The first kappa shape index (κ1) is 11.1. The zero-order valence-electron chi connectivity index (χ0n) is 9.90. The molecule has 1 atom stereocenters. The van der Waals surface area contributed by atoms with Crippen LogP contribution in [-0.2, 0) is 7.05 Å². The second-order valence-electron chi connectivity index (χ2n) is 4.20. The molecule has 16 heavy (non-hydrogen) atoms. The largest absolute Gasteiger partial charge is 0.332 e. The highest BCUT2D eigenvalue weighted by atomic mass is 16.2. The van der Waals surface area contributed by atoms with Crippen molar-refractivity contribution in [2.75, 3.05) is 19.6 Å². The lowest BCUT2D eigenvalue weighted by atomic mass is 10.2. The van der Waals surface area contributed by atoms with Crippen molar-refractivity contribution < 1.29 is 4.79 Å². The SMILES string of the molecule is Cc1c(C(=O)N2CCNC[C@H]2C)nnn1C. The molecule has 0 unspecified atom stereocenters. The Morgan fingerprint density at radius 2 is 2.31 bits per heavy atom. The van der Waals surface area contributed by atoms with E-state index in [-0.39, 0.29) is 11.9 Å². The maximum atomic E-state index is 12.2. The normalized spacial score (nSPS) is 21.2. The smallest absolute Gasteiger partial charge is 0.276 e. The summed E-state index contributed by atoms with van der Waals surface area (Å²) in [7, 11) is 1.79. The maximum Gasteiger partial charge on any atom is 0.276 e. The van der Waals surface area contributed by atoms with Gasteiger partial charge in [0.05, 0.1) is 5.69 Å². The van der Waals surface area contributed by atoms with Crippen LogP contribution in [0, 0.1) is 6.92 Å². The molecule has 0 spiro atoms. The number of hydrogen-bond donors (Lipinski definition) is 1. The van der Waals surface area contributed by atoms with E-state index in [1.165, 1.54) is 0 Å². The summed E-state index contributed by atoms with van der Waals surface area (Å²) >= 11 is 0. The Kier molecular flexibility index (Phi) is 2.91. The second kappa shape index (κ2) is 4.21. The van der Waals surface area contributed by atoms with Crippen molar-refractivity contribution >= 4 is 5.91 Å². The molecule has 1 aromatic rings. The molecule has 2 heterocycles. The van der Waals surface area contributed by atoms with E-state index in [0.717, 1.165) is 25.3 Å². The quantitative estimate of drug-likeness (QED) is 0.701. The minimum atomic E-state index is -0.0143. The lowest BCUT2D eigenvalue weighted by Crippen LogP contribution is -2.52. The Labute approximate surface area is 94.6 Å². The van der Waals surface area contributed by atoms with E-state index < -0.39 is 0 Å². The molecule has 0 radical (unpaired) electrons. The topological polar surface area (TPSA) is 63.1 Å². The maximum absolute atomic E-state index is 12.2. The van der Waals surface area contributed by atoms with Gasteiger partial charge in [0.15, 0.2) is 5.69 Å². The van der Waals surface area contributed by atoms with Gasteiger partial charge in [0, 0.05) is 32.7 Å². The molecule has 1 aliphatic heterocycles. The van der Waals surface area contributed by atoms with Gasteiger partial charge in [-0.1, -0.05) is 5.21 Å². The third-order valence-electron chi connectivity index (χ3n) is 3.07. The average Bonchev–Trinajstić information content (AvgIpc) is 2.60. The number of hydrogen-bond acceptors (Lipinski definition) is 4. The Hall–Kier alpha value is -1.43. The summed E-state index contributed by atoms with van der Waals surface area (Å²) in [4.78, 5) is 14.1. The van der Waals surface area contributed by atoms with Crippen molar-refractivity contribution in [3.05, 3.63) is 11.4 Å². The number of nitrogens with zero attached hydrogens (tertiary/aromatic N) is 4. The first-order valence-electron chi connectivity index (χ1n) is 5.49. The molecule has 0 saturated carbocycles. The predicted octanol–water partition coefficient (Wildman–Crippen LogP) is -0.443. The van der Waals surface area contributed by atoms with Crippen LogP contribution >= 0.6 is 0 Å². The average molecular weight is 223 g/mol. The first-order valence-corrected chi connectivity index (χ1v) is 5.49. The fraction of sp³-hybridized carbons (Fsp3) is 0.700. The molecular formula is C10H17N5O. The summed E-state index contributed by atoms with van der Waals surface area (Å²) in [6, 6.07) is 0.211. The Bertz CT molecular complexity index is 400. The number of carbonyl (C=O) groups is 1. The molecule has 1 amide bonds. The van der Waals surface area contributed by atoms with Crippen LogP contribution in [-0.4, -0.2) is 51.5 Å². The molecule has 0 bridgehead atoms. The van der Waals surface area contributed by atoms with E-state index in [4.69, 9.17) is 0 Å². The van der Waals surface area contributed by atoms with Crippen LogP contribution in [0.4, 0.5) is 0 Å². The fourth-order valence-corrected chi connectivity index (χ4v) is 1.88. The third kappa shape index (κ3) is 1.80. The highest BCUT2D eigenvalue weighted by Gasteiger charge is 2.27.